The third-order valence-corrected chi connectivity index (χ3v) is 7.09. The molecular formula is C21H24N4O2S. The van der Waals surface area contributed by atoms with E-state index >= 15 is 0 Å². The summed E-state index contributed by atoms with van der Waals surface area (Å²) < 4.78 is 23.5. The Hall–Kier alpha value is -2.80. The van der Waals surface area contributed by atoms with E-state index in [0.29, 0.717) is 18.5 Å². The van der Waals surface area contributed by atoms with Crippen molar-refractivity contribution in [3.8, 4) is 0 Å². The molecular weight excluding hydrogens is 372 g/mol. The Morgan fingerprint density at radius 3 is 2.64 bits per heavy atom. The van der Waals surface area contributed by atoms with Crippen LogP contribution in [0.2, 0.25) is 0 Å². The minimum Gasteiger partial charge on any atom is -0.398 e. The van der Waals surface area contributed by atoms with Crippen molar-refractivity contribution in [2.45, 2.75) is 18.1 Å². The molecule has 4 rings (SSSR count). The molecule has 28 heavy (non-hydrogen) atoms. The van der Waals surface area contributed by atoms with Crippen LogP contribution in [0.4, 0.5) is 11.4 Å². The van der Waals surface area contributed by atoms with Crippen LogP contribution in [0.15, 0.2) is 42.5 Å². The van der Waals surface area contributed by atoms with Gasteiger partial charge in [0.2, 0.25) is 0 Å². The number of nitrogens with two attached hydrogens (primary N) is 1. The van der Waals surface area contributed by atoms with Crippen molar-refractivity contribution in [2.24, 2.45) is 0 Å². The number of hydrogen-bond donors (Lipinski definition) is 2. The summed E-state index contributed by atoms with van der Waals surface area (Å²) in [5.74, 6) is 0. The Kier molecular flexibility index (Phi) is 4.85. The van der Waals surface area contributed by atoms with E-state index in [-0.39, 0.29) is 5.25 Å². The van der Waals surface area contributed by atoms with E-state index < -0.39 is 9.84 Å². The standard InChI is InChI=1S/C21H24N4O2S/c1-28(26,27)17-10-12-25(13-11-17)16-7-8-19(22)15(14-16)6-9-21-18-4-2-3-5-20(18)23-24-21/h2-9,14,17H,10-13,22H2,1H3,(H,23,24). The van der Waals surface area contributed by atoms with Crippen LogP contribution < -0.4 is 10.6 Å². The van der Waals surface area contributed by atoms with Gasteiger partial charge in [0.25, 0.3) is 0 Å². The number of benzene rings is 2. The lowest BCUT2D eigenvalue weighted by atomic mass is 10.1. The molecule has 0 radical (unpaired) electrons. The number of sulfone groups is 1. The third-order valence-electron chi connectivity index (χ3n) is 5.40. The maximum Gasteiger partial charge on any atom is 0.150 e. The molecule has 0 unspecified atom stereocenters. The lowest BCUT2D eigenvalue weighted by molar-refractivity contribution is 0.534. The van der Waals surface area contributed by atoms with E-state index in [0.717, 1.165) is 40.9 Å². The highest BCUT2D eigenvalue weighted by Crippen LogP contribution is 2.27. The topological polar surface area (TPSA) is 92.1 Å². The van der Waals surface area contributed by atoms with Crippen LogP contribution in [0.3, 0.4) is 0 Å². The molecule has 0 amide bonds. The van der Waals surface area contributed by atoms with Crippen molar-refractivity contribution in [1.82, 2.24) is 10.2 Å². The van der Waals surface area contributed by atoms with Gasteiger partial charge in [-0.15, -0.1) is 0 Å². The van der Waals surface area contributed by atoms with Crippen molar-refractivity contribution < 1.29 is 8.42 Å². The molecule has 0 spiro atoms. The molecule has 146 valence electrons. The number of hydrogen-bond acceptors (Lipinski definition) is 5. The first kappa shape index (κ1) is 18.6. The summed E-state index contributed by atoms with van der Waals surface area (Å²) in [6, 6.07) is 13.9. The molecule has 1 aliphatic heterocycles. The second-order valence-electron chi connectivity index (χ2n) is 7.32. The zero-order chi connectivity index (χ0) is 19.7. The Balaban J connectivity index is 1.55. The molecule has 1 aromatic heterocycles. The number of fused-ring (bicyclic) bond motifs is 1. The minimum atomic E-state index is -2.97. The first-order chi connectivity index (χ1) is 13.4. The van der Waals surface area contributed by atoms with Gasteiger partial charge in [-0.3, -0.25) is 5.10 Å². The van der Waals surface area contributed by atoms with Gasteiger partial charge in [0.1, 0.15) is 9.84 Å². The predicted molar refractivity (Wildman–Crippen MR) is 116 cm³/mol. The molecule has 1 saturated heterocycles. The number of nitrogens with one attached hydrogen (secondary N) is 1. The fourth-order valence-corrected chi connectivity index (χ4v) is 4.79. The van der Waals surface area contributed by atoms with Gasteiger partial charge in [-0.05, 0) is 48.7 Å². The van der Waals surface area contributed by atoms with Gasteiger partial charge >= 0.3 is 0 Å². The van der Waals surface area contributed by atoms with Gasteiger partial charge in [0, 0.05) is 36.1 Å². The molecule has 2 aromatic carbocycles. The van der Waals surface area contributed by atoms with Gasteiger partial charge in [-0.1, -0.05) is 24.3 Å². The lowest BCUT2D eigenvalue weighted by Gasteiger charge is -2.33. The Morgan fingerprint density at radius 1 is 1.14 bits per heavy atom. The van der Waals surface area contributed by atoms with E-state index in [9.17, 15) is 8.42 Å². The molecule has 0 bridgehead atoms. The quantitative estimate of drug-likeness (QED) is 0.660. The lowest BCUT2D eigenvalue weighted by Crippen LogP contribution is -2.39. The van der Waals surface area contributed by atoms with Crippen molar-refractivity contribution in [3.63, 3.8) is 0 Å². The summed E-state index contributed by atoms with van der Waals surface area (Å²) >= 11 is 0. The molecule has 6 nitrogen and oxygen atoms in total. The molecule has 3 N–H and O–H groups in total. The van der Waals surface area contributed by atoms with Crippen molar-refractivity contribution >= 4 is 44.3 Å². The fraction of sp³-hybridized carbons (Fsp3) is 0.286. The number of anilines is 2. The number of nitrogens with zero attached hydrogens (tertiary/aromatic N) is 2. The molecule has 0 saturated carbocycles. The van der Waals surface area contributed by atoms with E-state index in [1.807, 2.05) is 48.6 Å². The van der Waals surface area contributed by atoms with Crippen LogP contribution in [0.25, 0.3) is 23.1 Å². The van der Waals surface area contributed by atoms with Crippen LogP contribution in [-0.2, 0) is 9.84 Å². The number of piperidine rings is 1. The molecule has 7 heteroatoms. The third kappa shape index (κ3) is 3.75. The normalized spacial score (nSPS) is 16.2. The van der Waals surface area contributed by atoms with Crippen LogP contribution in [0.5, 0.6) is 0 Å². The molecule has 0 aliphatic carbocycles. The largest absolute Gasteiger partial charge is 0.398 e. The smallest absolute Gasteiger partial charge is 0.150 e. The zero-order valence-electron chi connectivity index (χ0n) is 15.8. The summed E-state index contributed by atoms with van der Waals surface area (Å²) in [6.45, 7) is 1.46. The SMILES string of the molecule is CS(=O)(=O)C1CCN(c2ccc(N)c(C=Cc3n[nH]c4ccccc34)c2)CC1. The Morgan fingerprint density at radius 2 is 1.89 bits per heavy atom. The van der Waals surface area contributed by atoms with Crippen LogP contribution >= 0.6 is 0 Å². The van der Waals surface area contributed by atoms with Crippen molar-refractivity contribution in [1.29, 1.82) is 0 Å². The summed E-state index contributed by atoms with van der Waals surface area (Å²) in [7, 11) is -2.97. The number of para-hydroxylation sites is 1. The van der Waals surface area contributed by atoms with E-state index in [2.05, 4.69) is 21.2 Å². The highest BCUT2D eigenvalue weighted by atomic mass is 32.2. The molecule has 2 heterocycles. The maximum absolute atomic E-state index is 11.8. The molecule has 1 aliphatic rings. The Bertz CT molecular complexity index is 1130. The summed E-state index contributed by atoms with van der Waals surface area (Å²) in [5, 5.41) is 8.23. The van der Waals surface area contributed by atoms with Crippen LogP contribution in [0, 0.1) is 0 Å². The zero-order valence-corrected chi connectivity index (χ0v) is 16.6. The molecule has 0 atom stereocenters. The highest BCUT2D eigenvalue weighted by Gasteiger charge is 2.26. The molecule has 3 aromatic rings. The van der Waals surface area contributed by atoms with Gasteiger partial charge in [0.15, 0.2) is 0 Å². The first-order valence-corrected chi connectivity index (χ1v) is 11.3. The number of nitrogen functional groups attached to an aromatic ring is 1. The highest BCUT2D eigenvalue weighted by molar-refractivity contribution is 7.91. The Labute approximate surface area is 165 Å². The number of H-pyrrole nitrogens is 1. The average Bonchev–Trinajstić information content (AvgIpc) is 3.10. The summed E-state index contributed by atoms with van der Waals surface area (Å²) in [6.07, 6.45) is 6.59. The fourth-order valence-electron chi connectivity index (χ4n) is 3.73. The first-order valence-electron chi connectivity index (χ1n) is 9.36. The van der Waals surface area contributed by atoms with Gasteiger partial charge < -0.3 is 10.6 Å². The second-order valence-corrected chi connectivity index (χ2v) is 9.64. The van der Waals surface area contributed by atoms with Crippen molar-refractivity contribution in [2.75, 3.05) is 30.0 Å². The van der Waals surface area contributed by atoms with E-state index in [4.69, 9.17) is 5.73 Å². The maximum atomic E-state index is 11.8. The van der Waals surface area contributed by atoms with E-state index in [1.54, 1.807) is 0 Å². The number of aromatic nitrogens is 2. The summed E-state index contributed by atoms with van der Waals surface area (Å²) in [4.78, 5) is 2.22. The molecule has 1 fully saturated rings. The monoisotopic (exact) mass is 396 g/mol. The number of aromatic amines is 1. The predicted octanol–water partition coefficient (Wildman–Crippen LogP) is 3.33. The number of rotatable bonds is 4. The van der Waals surface area contributed by atoms with Gasteiger partial charge in [-0.25, -0.2) is 8.42 Å². The van der Waals surface area contributed by atoms with Gasteiger partial charge in [-0.2, -0.15) is 5.10 Å². The van der Waals surface area contributed by atoms with Crippen LogP contribution in [-0.4, -0.2) is 43.2 Å². The summed E-state index contributed by atoms with van der Waals surface area (Å²) in [5.41, 5.74) is 10.7. The van der Waals surface area contributed by atoms with Crippen LogP contribution in [0.1, 0.15) is 24.1 Å². The van der Waals surface area contributed by atoms with Gasteiger partial charge in [0.05, 0.1) is 16.5 Å². The second kappa shape index (κ2) is 7.31. The minimum absolute atomic E-state index is 0.232. The average molecular weight is 397 g/mol. The van der Waals surface area contributed by atoms with E-state index in [1.165, 1.54) is 6.26 Å². The van der Waals surface area contributed by atoms with Crippen molar-refractivity contribution in [3.05, 3.63) is 53.7 Å².